The molecule has 0 bridgehead atoms. The van der Waals surface area contributed by atoms with E-state index in [1.54, 1.807) is 6.20 Å². The van der Waals surface area contributed by atoms with Crippen molar-refractivity contribution < 1.29 is 0 Å². The lowest BCUT2D eigenvalue weighted by Gasteiger charge is -2.12. The smallest absolute Gasteiger partial charge is 0.206 e. The molecule has 0 saturated heterocycles. The lowest BCUT2D eigenvalue weighted by atomic mass is 10.1. The van der Waals surface area contributed by atoms with Gasteiger partial charge in [-0.05, 0) is 42.3 Å². The molecule has 0 aliphatic heterocycles. The standard InChI is InChI=1S/C18H17BrN6S/c19-14-4-1-11(2-5-14)7-15(20)10-21-18-25-24-17(26-18)12-3-6-16-13(8-12)9-22-23-16/h1-6,8-9,15H,7,10,20H2,(H,21,25)(H,22,23)/t15-/m0/s1. The van der Waals surface area contributed by atoms with Crippen LogP contribution in [0.5, 0.6) is 0 Å². The molecule has 0 unspecified atom stereocenters. The minimum Gasteiger partial charge on any atom is -0.359 e. The number of nitrogens with two attached hydrogens (primary N) is 1. The first-order valence-corrected chi connectivity index (χ1v) is 9.79. The van der Waals surface area contributed by atoms with Gasteiger partial charge in [0.1, 0.15) is 5.01 Å². The van der Waals surface area contributed by atoms with E-state index in [9.17, 15) is 0 Å². The Bertz CT molecular complexity index is 1010. The van der Waals surface area contributed by atoms with Gasteiger partial charge in [0.15, 0.2) is 0 Å². The number of halogens is 1. The zero-order chi connectivity index (χ0) is 17.9. The van der Waals surface area contributed by atoms with Crippen LogP contribution < -0.4 is 11.1 Å². The fraction of sp³-hybridized carbons (Fsp3) is 0.167. The number of rotatable bonds is 6. The maximum atomic E-state index is 6.23. The number of aromatic nitrogens is 4. The van der Waals surface area contributed by atoms with Crippen molar-refractivity contribution in [2.45, 2.75) is 12.5 Å². The van der Waals surface area contributed by atoms with E-state index < -0.39 is 0 Å². The summed E-state index contributed by atoms with van der Waals surface area (Å²) >= 11 is 4.96. The van der Waals surface area contributed by atoms with Crippen LogP contribution in [0.1, 0.15) is 5.56 Å². The Morgan fingerprint density at radius 2 is 2.00 bits per heavy atom. The third-order valence-corrected chi connectivity index (χ3v) is 5.50. The minimum absolute atomic E-state index is 0.00538. The highest BCUT2D eigenvalue weighted by molar-refractivity contribution is 9.10. The molecule has 0 aliphatic carbocycles. The Morgan fingerprint density at radius 1 is 1.15 bits per heavy atom. The van der Waals surface area contributed by atoms with Crippen molar-refractivity contribution in [1.29, 1.82) is 0 Å². The number of hydrogen-bond donors (Lipinski definition) is 3. The summed E-state index contributed by atoms with van der Waals surface area (Å²) in [5.41, 5.74) is 9.49. The van der Waals surface area contributed by atoms with Gasteiger partial charge in [0.05, 0.1) is 11.7 Å². The predicted molar refractivity (Wildman–Crippen MR) is 109 cm³/mol. The second-order valence-electron chi connectivity index (χ2n) is 6.06. The van der Waals surface area contributed by atoms with Crippen LogP contribution in [-0.4, -0.2) is 33.0 Å². The molecule has 0 spiro atoms. The van der Waals surface area contributed by atoms with E-state index in [0.717, 1.165) is 37.5 Å². The molecule has 0 aliphatic rings. The molecule has 1 atom stereocenters. The van der Waals surface area contributed by atoms with Crippen LogP contribution in [0.25, 0.3) is 21.5 Å². The number of fused-ring (bicyclic) bond motifs is 1. The fourth-order valence-electron chi connectivity index (χ4n) is 2.70. The summed E-state index contributed by atoms with van der Waals surface area (Å²) in [6, 6.07) is 14.3. The number of nitrogens with zero attached hydrogens (tertiary/aromatic N) is 3. The van der Waals surface area contributed by atoms with E-state index in [1.165, 1.54) is 16.9 Å². The molecule has 0 amide bonds. The summed E-state index contributed by atoms with van der Waals surface area (Å²) in [5, 5.41) is 21.5. The van der Waals surface area contributed by atoms with Gasteiger partial charge in [-0.2, -0.15) is 5.10 Å². The monoisotopic (exact) mass is 428 g/mol. The molecule has 8 heteroatoms. The lowest BCUT2D eigenvalue weighted by Crippen LogP contribution is -2.31. The highest BCUT2D eigenvalue weighted by Gasteiger charge is 2.10. The van der Waals surface area contributed by atoms with Crippen LogP contribution in [0, 0.1) is 0 Å². The van der Waals surface area contributed by atoms with Crippen molar-refractivity contribution in [3.8, 4) is 10.6 Å². The average molecular weight is 429 g/mol. The van der Waals surface area contributed by atoms with Gasteiger partial charge in [-0.25, -0.2) is 0 Å². The van der Waals surface area contributed by atoms with E-state index >= 15 is 0 Å². The highest BCUT2D eigenvalue weighted by atomic mass is 79.9. The van der Waals surface area contributed by atoms with Crippen LogP contribution in [0.15, 0.2) is 53.1 Å². The zero-order valence-electron chi connectivity index (χ0n) is 13.8. The van der Waals surface area contributed by atoms with Gasteiger partial charge in [0.25, 0.3) is 0 Å². The number of hydrogen-bond acceptors (Lipinski definition) is 6. The summed E-state index contributed by atoms with van der Waals surface area (Å²) in [4.78, 5) is 0. The Hall–Kier alpha value is -2.29. The number of anilines is 1. The molecule has 4 N–H and O–H groups in total. The van der Waals surface area contributed by atoms with Gasteiger partial charge in [-0.15, -0.1) is 10.2 Å². The van der Waals surface area contributed by atoms with Crippen molar-refractivity contribution in [2.75, 3.05) is 11.9 Å². The van der Waals surface area contributed by atoms with Crippen LogP contribution in [0.2, 0.25) is 0 Å². The number of nitrogens with one attached hydrogen (secondary N) is 2. The third kappa shape index (κ3) is 3.92. The van der Waals surface area contributed by atoms with Crippen LogP contribution in [0.4, 0.5) is 5.13 Å². The van der Waals surface area contributed by atoms with Gasteiger partial charge < -0.3 is 11.1 Å². The summed E-state index contributed by atoms with van der Waals surface area (Å²) in [7, 11) is 0. The highest BCUT2D eigenvalue weighted by Crippen LogP contribution is 2.28. The van der Waals surface area contributed by atoms with Crippen molar-refractivity contribution in [3.63, 3.8) is 0 Å². The molecule has 4 aromatic rings. The second kappa shape index (κ2) is 7.53. The van der Waals surface area contributed by atoms with E-state index in [4.69, 9.17) is 5.73 Å². The fourth-order valence-corrected chi connectivity index (χ4v) is 3.71. The first-order valence-electron chi connectivity index (χ1n) is 8.18. The molecule has 0 saturated carbocycles. The molecule has 2 aromatic heterocycles. The van der Waals surface area contributed by atoms with Crippen molar-refractivity contribution in [1.82, 2.24) is 20.4 Å². The minimum atomic E-state index is 0.00538. The predicted octanol–water partition coefficient (Wildman–Crippen LogP) is 3.83. The maximum absolute atomic E-state index is 6.23. The molecule has 2 heterocycles. The van der Waals surface area contributed by atoms with Gasteiger partial charge in [0.2, 0.25) is 5.13 Å². The lowest BCUT2D eigenvalue weighted by molar-refractivity contribution is 0.698. The summed E-state index contributed by atoms with van der Waals surface area (Å²) < 4.78 is 1.07. The molecular weight excluding hydrogens is 412 g/mol. The summed E-state index contributed by atoms with van der Waals surface area (Å²) in [6.07, 6.45) is 2.61. The van der Waals surface area contributed by atoms with Crippen molar-refractivity contribution in [2.24, 2.45) is 5.73 Å². The van der Waals surface area contributed by atoms with Crippen LogP contribution in [-0.2, 0) is 6.42 Å². The largest absolute Gasteiger partial charge is 0.359 e. The number of benzene rings is 2. The molecule has 6 nitrogen and oxygen atoms in total. The third-order valence-electron chi connectivity index (χ3n) is 4.04. The van der Waals surface area contributed by atoms with Gasteiger partial charge >= 0.3 is 0 Å². The van der Waals surface area contributed by atoms with Gasteiger partial charge in [-0.1, -0.05) is 39.4 Å². The number of aromatic amines is 1. The normalized spacial score (nSPS) is 12.4. The van der Waals surface area contributed by atoms with E-state index in [0.29, 0.717) is 6.54 Å². The van der Waals surface area contributed by atoms with E-state index in [1.807, 2.05) is 24.3 Å². The van der Waals surface area contributed by atoms with Gasteiger partial charge in [0, 0.05) is 28.0 Å². The molecular formula is C18H17BrN6S. The molecule has 2 aromatic carbocycles. The van der Waals surface area contributed by atoms with Crippen LogP contribution >= 0.6 is 27.3 Å². The topological polar surface area (TPSA) is 92.5 Å². The Morgan fingerprint density at radius 3 is 2.85 bits per heavy atom. The molecule has 132 valence electrons. The maximum Gasteiger partial charge on any atom is 0.206 e. The quantitative estimate of drug-likeness (QED) is 0.433. The Balaban J connectivity index is 1.37. The Kier molecular flexibility index (Phi) is 4.96. The van der Waals surface area contributed by atoms with Crippen molar-refractivity contribution >= 4 is 43.3 Å². The SMILES string of the molecule is N[C@H](CNc1nnc(-c2ccc3[nH]ncc3c2)s1)Cc1ccc(Br)cc1. The molecule has 0 fully saturated rings. The first-order chi connectivity index (χ1) is 12.7. The number of H-pyrrole nitrogens is 1. The van der Waals surface area contributed by atoms with E-state index in [-0.39, 0.29) is 6.04 Å². The zero-order valence-corrected chi connectivity index (χ0v) is 16.2. The Labute approximate surface area is 163 Å². The second-order valence-corrected chi connectivity index (χ2v) is 7.95. The molecule has 26 heavy (non-hydrogen) atoms. The van der Waals surface area contributed by atoms with Gasteiger partial charge in [-0.3, -0.25) is 5.10 Å². The van der Waals surface area contributed by atoms with Crippen LogP contribution in [0.3, 0.4) is 0 Å². The average Bonchev–Trinajstić information content (AvgIpc) is 3.30. The van der Waals surface area contributed by atoms with E-state index in [2.05, 4.69) is 59.8 Å². The molecule has 0 radical (unpaired) electrons. The van der Waals surface area contributed by atoms with Crippen molar-refractivity contribution in [3.05, 3.63) is 58.7 Å². The molecule has 4 rings (SSSR count). The first kappa shape index (κ1) is 17.1. The summed E-state index contributed by atoms with van der Waals surface area (Å²) in [5.74, 6) is 0. The summed E-state index contributed by atoms with van der Waals surface area (Å²) in [6.45, 7) is 0.644.